The molecule has 1 heterocycles. The molecule has 6 nitrogen and oxygen atoms in total. The van der Waals surface area contributed by atoms with Crippen molar-refractivity contribution in [1.29, 1.82) is 0 Å². The maximum atomic E-state index is 11.1. The molecule has 1 N–H and O–H groups in total. The zero-order valence-electron chi connectivity index (χ0n) is 11.5. The Bertz CT molecular complexity index is 550. The predicted molar refractivity (Wildman–Crippen MR) is 78.4 cm³/mol. The third kappa shape index (κ3) is 4.15. The van der Waals surface area contributed by atoms with Crippen molar-refractivity contribution >= 4 is 23.3 Å². The van der Waals surface area contributed by atoms with E-state index >= 15 is 0 Å². The second kappa shape index (κ2) is 6.87. The van der Waals surface area contributed by atoms with Gasteiger partial charge in [0.15, 0.2) is 0 Å². The Balaban J connectivity index is 2.20. The highest BCUT2D eigenvalue weighted by Gasteiger charge is 2.26. The van der Waals surface area contributed by atoms with E-state index in [0.29, 0.717) is 17.1 Å². The van der Waals surface area contributed by atoms with Crippen molar-refractivity contribution in [2.45, 2.75) is 38.3 Å². The minimum absolute atomic E-state index is 0.0269. The van der Waals surface area contributed by atoms with Crippen LogP contribution in [0.15, 0.2) is 18.2 Å². The number of nitrogens with zero attached hydrogens (tertiary/aromatic N) is 2. The van der Waals surface area contributed by atoms with Gasteiger partial charge in [-0.3, -0.25) is 19.8 Å². The molecule has 114 valence electrons. The second-order valence-corrected chi connectivity index (χ2v) is 5.68. The summed E-state index contributed by atoms with van der Waals surface area (Å²) < 4.78 is 0. The first kappa shape index (κ1) is 15.7. The normalized spacial score (nSPS) is 19.4. The quantitative estimate of drug-likeness (QED) is 0.667. The molecule has 0 aromatic heterocycles. The molecule has 1 aliphatic heterocycles. The van der Waals surface area contributed by atoms with Gasteiger partial charge in [0.05, 0.1) is 11.3 Å². The summed E-state index contributed by atoms with van der Waals surface area (Å²) in [6.07, 6.45) is 2.84. The summed E-state index contributed by atoms with van der Waals surface area (Å²) in [6.45, 7) is 1.11. The van der Waals surface area contributed by atoms with E-state index in [4.69, 9.17) is 16.7 Å². The van der Waals surface area contributed by atoms with E-state index in [1.54, 1.807) is 6.07 Å². The van der Waals surface area contributed by atoms with E-state index in [9.17, 15) is 14.9 Å². The fraction of sp³-hybridized carbons (Fsp3) is 0.500. The van der Waals surface area contributed by atoms with E-state index in [-0.39, 0.29) is 18.2 Å². The number of hydrogen-bond acceptors (Lipinski definition) is 4. The molecule has 1 saturated heterocycles. The van der Waals surface area contributed by atoms with Gasteiger partial charge < -0.3 is 5.11 Å². The lowest BCUT2D eigenvalue weighted by Gasteiger charge is -2.34. The molecular weight excluding hydrogens is 296 g/mol. The number of nitro benzene ring substituents is 1. The number of hydrogen-bond donors (Lipinski definition) is 1. The first-order chi connectivity index (χ1) is 9.97. The van der Waals surface area contributed by atoms with Crippen molar-refractivity contribution in [3.8, 4) is 0 Å². The third-order valence-corrected chi connectivity index (χ3v) is 4.01. The molecule has 2 rings (SSSR count). The predicted octanol–water partition coefficient (Wildman–Crippen LogP) is 3.08. The number of carboxylic acids is 1. The Morgan fingerprint density at radius 3 is 2.90 bits per heavy atom. The zero-order chi connectivity index (χ0) is 15.4. The van der Waals surface area contributed by atoms with Gasteiger partial charge in [-0.2, -0.15) is 0 Å². The summed E-state index contributed by atoms with van der Waals surface area (Å²) in [5.41, 5.74) is 0.559. The van der Waals surface area contributed by atoms with Crippen LogP contribution in [0.5, 0.6) is 0 Å². The van der Waals surface area contributed by atoms with Crippen molar-refractivity contribution in [3.63, 3.8) is 0 Å². The number of halogens is 1. The molecule has 0 saturated carbocycles. The van der Waals surface area contributed by atoms with Crippen LogP contribution in [0.2, 0.25) is 5.02 Å². The van der Waals surface area contributed by atoms with Gasteiger partial charge in [-0.05, 0) is 31.5 Å². The maximum absolute atomic E-state index is 11.1. The summed E-state index contributed by atoms with van der Waals surface area (Å²) in [7, 11) is 0. The average Bonchev–Trinajstić information content (AvgIpc) is 2.40. The van der Waals surface area contributed by atoms with Gasteiger partial charge in [0, 0.05) is 29.2 Å². The highest BCUT2D eigenvalue weighted by atomic mass is 35.5. The molecule has 0 aliphatic carbocycles. The van der Waals surface area contributed by atoms with Crippen molar-refractivity contribution in [2.75, 3.05) is 6.54 Å². The number of aliphatic carboxylic acids is 1. The molecule has 0 radical (unpaired) electrons. The first-order valence-corrected chi connectivity index (χ1v) is 7.24. The lowest BCUT2D eigenvalue weighted by atomic mass is 9.98. The minimum atomic E-state index is -0.840. The molecule has 1 aliphatic rings. The Morgan fingerprint density at radius 1 is 1.48 bits per heavy atom. The molecule has 1 aromatic carbocycles. The van der Waals surface area contributed by atoms with Gasteiger partial charge in [0.2, 0.25) is 0 Å². The molecule has 1 atom stereocenters. The topological polar surface area (TPSA) is 83.7 Å². The van der Waals surface area contributed by atoms with Crippen molar-refractivity contribution in [1.82, 2.24) is 4.90 Å². The van der Waals surface area contributed by atoms with Crippen molar-refractivity contribution in [2.24, 2.45) is 0 Å². The highest BCUT2D eigenvalue weighted by Crippen LogP contribution is 2.28. The monoisotopic (exact) mass is 312 g/mol. The Kier molecular flexibility index (Phi) is 5.14. The van der Waals surface area contributed by atoms with Crippen molar-refractivity contribution in [3.05, 3.63) is 38.9 Å². The van der Waals surface area contributed by atoms with Crippen LogP contribution in [0.1, 0.15) is 31.2 Å². The van der Waals surface area contributed by atoms with E-state index in [0.717, 1.165) is 25.8 Å². The van der Waals surface area contributed by atoms with Crippen LogP contribution in [0.4, 0.5) is 5.69 Å². The van der Waals surface area contributed by atoms with E-state index in [1.165, 1.54) is 12.1 Å². The van der Waals surface area contributed by atoms with Crippen LogP contribution in [0.25, 0.3) is 0 Å². The van der Waals surface area contributed by atoms with Gasteiger partial charge in [-0.15, -0.1) is 0 Å². The van der Waals surface area contributed by atoms with Gasteiger partial charge in [0.1, 0.15) is 0 Å². The van der Waals surface area contributed by atoms with Crippen LogP contribution in [-0.4, -0.2) is 33.5 Å². The summed E-state index contributed by atoms with van der Waals surface area (Å²) in [4.78, 5) is 23.6. The Morgan fingerprint density at radius 2 is 2.24 bits per heavy atom. The average molecular weight is 313 g/mol. The van der Waals surface area contributed by atoms with E-state index in [2.05, 4.69) is 0 Å². The number of carbonyl (C=O) groups is 1. The van der Waals surface area contributed by atoms with Crippen LogP contribution in [0.3, 0.4) is 0 Å². The molecule has 1 fully saturated rings. The highest BCUT2D eigenvalue weighted by molar-refractivity contribution is 6.30. The molecule has 7 heteroatoms. The number of piperidine rings is 1. The SMILES string of the molecule is O=C(O)CC1CCCCN1Cc1cc(Cl)ccc1[N+](=O)[O-]. The lowest BCUT2D eigenvalue weighted by molar-refractivity contribution is -0.385. The summed E-state index contributed by atoms with van der Waals surface area (Å²) >= 11 is 5.92. The standard InChI is InChI=1S/C14H17ClN2O4/c15-11-4-5-13(17(20)21)10(7-11)9-16-6-2-1-3-12(16)8-14(18)19/h4-5,7,12H,1-3,6,8-9H2,(H,18,19). The first-order valence-electron chi connectivity index (χ1n) is 6.86. The van der Waals surface area contributed by atoms with Crippen molar-refractivity contribution < 1.29 is 14.8 Å². The fourth-order valence-electron chi connectivity index (χ4n) is 2.78. The van der Waals surface area contributed by atoms with Gasteiger partial charge >= 0.3 is 5.97 Å². The number of carboxylic acid groups (broad SMARTS) is 1. The maximum Gasteiger partial charge on any atom is 0.304 e. The third-order valence-electron chi connectivity index (χ3n) is 3.77. The van der Waals surface area contributed by atoms with Gasteiger partial charge in [-0.1, -0.05) is 18.0 Å². The largest absolute Gasteiger partial charge is 0.481 e. The molecule has 0 spiro atoms. The zero-order valence-corrected chi connectivity index (χ0v) is 12.3. The molecular formula is C14H17ClN2O4. The minimum Gasteiger partial charge on any atom is -0.481 e. The van der Waals surface area contributed by atoms with E-state index < -0.39 is 10.9 Å². The summed E-state index contributed by atoms with van der Waals surface area (Å²) in [6, 6.07) is 4.41. The fourth-order valence-corrected chi connectivity index (χ4v) is 2.97. The van der Waals surface area contributed by atoms with Crippen LogP contribution in [-0.2, 0) is 11.3 Å². The van der Waals surface area contributed by atoms with Gasteiger partial charge in [-0.25, -0.2) is 0 Å². The molecule has 0 bridgehead atoms. The summed E-state index contributed by atoms with van der Waals surface area (Å²) in [5.74, 6) is -0.840. The van der Waals surface area contributed by atoms with Crippen LogP contribution >= 0.6 is 11.6 Å². The van der Waals surface area contributed by atoms with Crippen LogP contribution in [0, 0.1) is 10.1 Å². The van der Waals surface area contributed by atoms with Gasteiger partial charge in [0.25, 0.3) is 5.69 Å². The Hall–Kier alpha value is -1.66. The van der Waals surface area contributed by atoms with Crippen LogP contribution < -0.4 is 0 Å². The van der Waals surface area contributed by atoms with E-state index in [1.807, 2.05) is 4.90 Å². The molecule has 1 unspecified atom stereocenters. The lowest BCUT2D eigenvalue weighted by Crippen LogP contribution is -2.40. The molecule has 0 amide bonds. The number of benzene rings is 1. The smallest absolute Gasteiger partial charge is 0.304 e. The summed E-state index contributed by atoms with van der Waals surface area (Å²) in [5, 5.41) is 20.5. The second-order valence-electron chi connectivity index (χ2n) is 5.25. The molecule has 21 heavy (non-hydrogen) atoms. The number of nitro groups is 1. The molecule has 1 aromatic rings. The number of likely N-dealkylation sites (tertiary alicyclic amines) is 1. The number of rotatable bonds is 5. The Labute approximate surface area is 127 Å².